The van der Waals surface area contributed by atoms with Gasteiger partial charge >= 0.3 is 0 Å². The molecule has 1 N–H and O–H groups in total. The van der Waals surface area contributed by atoms with Gasteiger partial charge in [0, 0.05) is 25.9 Å². The molecule has 3 nitrogen and oxygen atoms in total. The van der Waals surface area contributed by atoms with Crippen LogP contribution in [0.2, 0.25) is 0 Å². The highest BCUT2D eigenvalue weighted by Crippen LogP contribution is 2.35. The minimum Gasteiger partial charge on any atom is -0.381 e. The van der Waals surface area contributed by atoms with Crippen molar-refractivity contribution in [2.45, 2.75) is 57.6 Å². The number of ether oxygens (including phenoxy) is 2. The van der Waals surface area contributed by atoms with Gasteiger partial charge in [-0.1, -0.05) is 6.92 Å². The van der Waals surface area contributed by atoms with Crippen molar-refractivity contribution in [3.05, 3.63) is 0 Å². The second kappa shape index (κ2) is 6.17. The van der Waals surface area contributed by atoms with Crippen molar-refractivity contribution < 1.29 is 9.47 Å². The molecule has 100 valence electrons. The maximum atomic E-state index is 6.05. The first-order valence-corrected chi connectivity index (χ1v) is 7.21. The minimum absolute atomic E-state index is 0.0528. The van der Waals surface area contributed by atoms with Crippen LogP contribution in [0.3, 0.4) is 0 Å². The van der Waals surface area contributed by atoms with Gasteiger partial charge in [-0.25, -0.2) is 0 Å². The van der Waals surface area contributed by atoms with Crippen molar-refractivity contribution in [1.29, 1.82) is 0 Å². The minimum atomic E-state index is 0.0528. The van der Waals surface area contributed by atoms with Crippen molar-refractivity contribution in [2.24, 2.45) is 5.92 Å². The summed E-state index contributed by atoms with van der Waals surface area (Å²) in [6.07, 6.45) is 5.96. The molecule has 2 saturated heterocycles. The average molecular weight is 241 g/mol. The Hall–Kier alpha value is -0.120. The van der Waals surface area contributed by atoms with Crippen LogP contribution >= 0.6 is 0 Å². The standard InChI is InChI=1S/C14H27NO2/c1-3-8-15-13(12-5-10-16-11-6-12)14(2)7-4-9-17-14/h12-13,15H,3-11H2,1-2H3. The van der Waals surface area contributed by atoms with E-state index in [1.807, 2.05) is 0 Å². The molecule has 3 heteroatoms. The lowest BCUT2D eigenvalue weighted by atomic mass is 9.80. The van der Waals surface area contributed by atoms with Crippen LogP contribution in [0.25, 0.3) is 0 Å². The molecule has 0 aliphatic carbocycles. The molecule has 0 aromatic carbocycles. The zero-order valence-electron chi connectivity index (χ0n) is 11.3. The quantitative estimate of drug-likeness (QED) is 0.801. The van der Waals surface area contributed by atoms with Crippen molar-refractivity contribution in [1.82, 2.24) is 5.32 Å². The molecule has 0 aromatic heterocycles. The summed E-state index contributed by atoms with van der Waals surface area (Å²) in [4.78, 5) is 0. The Morgan fingerprint density at radius 1 is 1.29 bits per heavy atom. The molecular formula is C14H27NO2. The molecule has 2 heterocycles. The topological polar surface area (TPSA) is 30.5 Å². The fraction of sp³-hybridized carbons (Fsp3) is 1.00. The molecule has 2 rings (SSSR count). The third-order valence-corrected chi connectivity index (χ3v) is 4.26. The first-order chi connectivity index (χ1) is 8.26. The number of hydrogen-bond acceptors (Lipinski definition) is 3. The molecule has 2 unspecified atom stereocenters. The van der Waals surface area contributed by atoms with E-state index in [9.17, 15) is 0 Å². The van der Waals surface area contributed by atoms with Crippen molar-refractivity contribution in [3.63, 3.8) is 0 Å². The van der Waals surface area contributed by atoms with Crippen LogP contribution < -0.4 is 5.32 Å². The highest BCUT2D eigenvalue weighted by molar-refractivity contribution is 4.96. The van der Waals surface area contributed by atoms with E-state index < -0.39 is 0 Å². The second-order valence-electron chi connectivity index (χ2n) is 5.65. The van der Waals surface area contributed by atoms with Crippen LogP contribution in [0.4, 0.5) is 0 Å². The Morgan fingerprint density at radius 3 is 2.65 bits per heavy atom. The Morgan fingerprint density at radius 2 is 2.06 bits per heavy atom. The van der Waals surface area contributed by atoms with Gasteiger partial charge in [0.05, 0.1) is 5.60 Å². The summed E-state index contributed by atoms with van der Waals surface area (Å²) < 4.78 is 11.5. The molecule has 0 spiro atoms. The molecule has 17 heavy (non-hydrogen) atoms. The second-order valence-corrected chi connectivity index (χ2v) is 5.65. The molecule has 2 aliphatic heterocycles. The summed E-state index contributed by atoms with van der Waals surface area (Å²) in [6, 6.07) is 0.508. The first kappa shape index (κ1) is 13.3. The summed E-state index contributed by atoms with van der Waals surface area (Å²) in [5.74, 6) is 0.721. The van der Waals surface area contributed by atoms with Gasteiger partial charge in [-0.05, 0) is 51.5 Å². The maximum Gasteiger partial charge on any atom is 0.0810 e. The van der Waals surface area contributed by atoms with Gasteiger partial charge < -0.3 is 14.8 Å². The van der Waals surface area contributed by atoms with Gasteiger partial charge in [-0.2, -0.15) is 0 Å². The van der Waals surface area contributed by atoms with Crippen molar-refractivity contribution in [2.75, 3.05) is 26.4 Å². The van der Waals surface area contributed by atoms with Crippen LogP contribution in [0.1, 0.15) is 46.0 Å². The summed E-state index contributed by atoms with van der Waals surface area (Å²) in [6.45, 7) is 8.40. The molecular weight excluding hydrogens is 214 g/mol. The number of nitrogens with one attached hydrogen (secondary N) is 1. The molecule has 2 aliphatic rings. The fourth-order valence-electron chi connectivity index (χ4n) is 3.28. The average Bonchev–Trinajstić information content (AvgIpc) is 2.79. The van der Waals surface area contributed by atoms with E-state index in [-0.39, 0.29) is 5.60 Å². The number of rotatable bonds is 5. The predicted octanol–water partition coefficient (Wildman–Crippen LogP) is 2.35. The van der Waals surface area contributed by atoms with E-state index in [2.05, 4.69) is 19.2 Å². The zero-order chi connectivity index (χ0) is 12.1. The van der Waals surface area contributed by atoms with E-state index in [1.165, 1.54) is 32.1 Å². The summed E-state index contributed by atoms with van der Waals surface area (Å²) in [5.41, 5.74) is 0.0528. The lowest BCUT2D eigenvalue weighted by molar-refractivity contribution is -0.0486. The van der Waals surface area contributed by atoms with Gasteiger partial charge in [0.15, 0.2) is 0 Å². The van der Waals surface area contributed by atoms with Crippen LogP contribution in [0.5, 0.6) is 0 Å². The van der Waals surface area contributed by atoms with Gasteiger partial charge in [-0.15, -0.1) is 0 Å². The van der Waals surface area contributed by atoms with E-state index in [4.69, 9.17) is 9.47 Å². The van der Waals surface area contributed by atoms with Crippen molar-refractivity contribution >= 4 is 0 Å². The summed E-state index contributed by atoms with van der Waals surface area (Å²) >= 11 is 0. The van der Waals surface area contributed by atoms with Crippen LogP contribution in [-0.4, -0.2) is 38.0 Å². The highest BCUT2D eigenvalue weighted by Gasteiger charge is 2.42. The largest absolute Gasteiger partial charge is 0.381 e. The molecule has 2 fully saturated rings. The van der Waals surface area contributed by atoms with E-state index in [1.54, 1.807) is 0 Å². The van der Waals surface area contributed by atoms with Crippen LogP contribution in [0, 0.1) is 5.92 Å². The SMILES string of the molecule is CCCNC(C1CCOCC1)C1(C)CCCO1. The first-order valence-electron chi connectivity index (χ1n) is 7.21. The number of hydrogen-bond donors (Lipinski definition) is 1. The Bertz CT molecular complexity index is 220. The van der Waals surface area contributed by atoms with E-state index in [0.29, 0.717) is 6.04 Å². The van der Waals surface area contributed by atoms with E-state index in [0.717, 1.165) is 32.3 Å². The van der Waals surface area contributed by atoms with Gasteiger partial charge in [0.2, 0.25) is 0 Å². The molecule has 0 radical (unpaired) electrons. The Labute approximate surface area is 105 Å². The maximum absolute atomic E-state index is 6.05. The smallest absolute Gasteiger partial charge is 0.0810 e. The van der Waals surface area contributed by atoms with Crippen molar-refractivity contribution in [3.8, 4) is 0 Å². The van der Waals surface area contributed by atoms with Crippen LogP contribution in [0.15, 0.2) is 0 Å². The lowest BCUT2D eigenvalue weighted by Crippen LogP contribution is -2.54. The Kier molecular flexibility index (Phi) is 4.83. The molecule has 0 amide bonds. The third kappa shape index (κ3) is 3.21. The van der Waals surface area contributed by atoms with Gasteiger partial charge in [-0.3, -0.25) is 0 Å². The molecule has 2 atom stereocenters. The summed E-state index contributed by atoms with van der Waals surface area (Å²) in [7, 11) is 0. The molecule has 0 saturated carbocycles. The monoisotopic (exact) mass is 241 g/mol. The molecule has 0 bridgehead atoms. The lowest BCUT2D eigenvalue weighted by Gasteiger charge is -2.41. The Balaban J connectivity index is 2.00. The third-order valence-electron chi connectivity index (χ3n) is 4.26. The fourth-order valence-corrected chi connectivity index (χ4v) is 3.28. The summed E-state index contributed by atoms with van der Waals surface area (Å²) in [5, 5.41) is 3.74. The predicted molar refractivity (Wildman–Crippen MR) is 69.2 cm³/mol. The normalized spacial score (nSPS) is 32.8. The van der Waals surface area contributed by atoms with E-state index >= 15 is 0 Å². The van der Waals surface area contributed by atoms with Gasteiger partial charge in [0.25, 0.3) is 0 Å². The zero-order valence-corrected chi connectivity index (χ0v) is 11.3. The molecule has 0 aromatic rings. The van der Waals surface area contributed by atoms with Gasteiger partial charge in [0.1, 0.15) is 0 Å². The van der Waals surface area contributed by atoms with Crippen LogP contribution in [-0.2, 0) is 9.47 Å². The highest BCUT2D eigenvalue weighted by atomic mass is 16.5.